The highest BCUT2D eigenvalue weighted by atomic mass is 31.2. The molecule has 94 heavy (non-hydrogen) atoms. The molecule has 0 aromatic rings. The van der Waals surface area contributed by atoms with Crippen LogP contribution in [0.15, 0.2) is 72.9 Å². The SMILES string of the molecule is CC/C=C\C/C=C\C/C=C\C/C=C\C/C=C\CCCCCCCCCCCCCCCCCCCC(=O)OC(COC(=O)CCCCCCCCCCCCCCCCCCCCCCCCCCC/C=C\CCCCCCCCCC)COP(=O)(O)OCC[N+](C)(C)C. The number of quaternary nitrogens is 1. The zero-order valence-electron chi connectivity index (χ0n) is 63.0. The van der Waals surface area contributed by atoms with Crippen molar-refractivity contribution in [1.29, 1.82) is 0 Å². The maximum absolute atomic E-state index is 12.9. The summed E-state index contributed by atoms with van der Waals surface area (Å²) in [7, 11) is 1.49. The number of carbonyl (C=O) groups excluding carboxylic acids is 2. The van der Waals surface area contributed by atoms with E-state index in [4.69, 9.17) is 18.5 Å². The molecule has 0 saturated heterocycles. The van der Waals surface area contributed by atoms with Crippen molar-refractivity contribution in [2.24, 2.45) is 0 Å². The Balaban J connectivity index is 3.91. The summed E-state index contributed by atoms with van der Waals surface area (Å²) in [6, 6.07) is 0. The first-order valence-corrected chi connectivity index (χ1v) is 42.2. The molecule has 0 aromatic heterocycles. The van der Waals surface area contributed by atoms with E-state index in [1.165, 1.54) is 302 Å². The fourth-order valence-corrected chi connectivity index (χ4v) is 12.8. The minimum Gasteiger partial charge on any atom is -0.462 e. The topological polar surface area (TPSA) is 108 Å². The van der Waals surface area contributed by atoms with E-state index >= 15 is 0 Å². The number of nitrogens with zero attached hydrogens (tertiary/aromatic N) is 1. The van der Waals surface area contributed by atoms with E-state index in [2.05, 4.69) is 86.8 Å². The number of hydrogen-bond acceptors (Lipinski definition) is 7. The van der Waals surface area contributed by atoms with Crippen molar-refractivity contribution in [2.75, 3.05) is 47.5 Å². The Hall–Kier alpha value is -2.55. The summed E-state index contributed by atoms with van der Waals surface area (Å²) in [5.74, 6) is -0.777. The third-order valence-corrected chi connectivity index (χ3v) is 19.2. The van der Waals surface area contributed by atoms with Gasteiger partial charge in [0.1, 0.15) is 19.8 Å². The van der Waals surface area contributed by atoms with E-state index < -0.39 is 26.5 Å². The molecule has 1 N–H and O–H groups in total. The molecule has 0 bridgehead atoms. The Labute approximate surface area is 584 Å². The van der Waals surface area contributed by atoms with Crippen LogP contribution >= 0.6 is 7.82 Å². The molecule has 550 valence electrons. The molecule has 0 radical (unpaired) electrons. The second-order valence-electron chi connectivity index (χ2n) is 28.8. The predicted octanol–water partition coefficient (Wildman–Crippen LogP) is 27.1. The number of likely N-dealkylation sites (N-methyl/N-ethyl adjacent to an activating group) is 1. The molecule has 0 aliphatic rings. The first kappa shape index (κ1) is 91.4. The zero-order chi connectivity index (χ0) is 68.3. The average molecular weight is 1340 g/mol. The summed E-state index contributed by atoms with van der Waals surface area (Å²) in [6.07, 6.45) is 102. The number of phosphoric ester groups is 1. The van der Waals surface area contributed by atoms with Crippen molar-refractivity contribution in [3.05, 3.63) is 72.9 Å². The van der Waals surface area contributed by atoms with Gasteiger partial charge in [0.2, 0.25) is 0 Å². The molecule has 0 aromatic carbocycles. The van der Waals surface area contributed by atoms with Gasteiger partial charge in [0, 0.05) is 12.8 Å². The molecule has 9 nitrogen and oxygen atoms in total. The Bertz CT molecular complexity index is 1820. The Morgan fingerprint density at radius 1 is 0.340 bits per heavy atom. The van der Waals surface area contributed by atoms with Gasteiger partial charge in [0.15, 0.2) is 6.10 Å². The van der Waals surface area contributed by atoms with E-state index in [0.717, 1.165) is 64.2 Å². The van der Waals surface area contributed by atoms with Crippen LogP contribution in [0.5, 0.6) is 0 Å². The molecule has 2 unspecified atom stereocenters. The van der Waals surface area contributed by atoms with Gasteiger partial charge < -0.3 is 18.9 Å². The summed E-state index contributed by atoms with van der Waals surface area (Å²) in [4.78, 5) is 36.0. The van der Waals surface area contributed by atoms with Gasteiger partial charge in [0.25, 0.3) is 0 Å². The lowest BCUT2D eigenvalue weighted by Gasteiger charge is -2.24. The van der Waals surface area contributed by atoms with Gasteiger partial charge in [0.05, 0.1) is 27.7 Å². The van der Waals surface area contributed by atoms with Gasteiger partial charge in [-0.15, -0.1) is 0 Å². The number of phosphoric acid groups is 1. The van der Waals surface area contributed by atoms with Crippen LogP contribution in [0, 0.1) is 0 Å². The quantitative estimate of drug-likeness (QED) is 0.0211. The van der Waals surface area contributed by atoms with Crippen molar-refractivity contribution in [2.45, 2.75) is 405 Å². The molecule has 10 heteroatoms. The number of carbonyl (C=O) groups is 2. The number of hydrogen-bond donors (Lipinski definition) is 1. The van der Waals surface area contributed by atoms with Crippen molar-refractivity contribution in [1.82, 2.24) is 0 Å². The predicted molar refractivity (Wildman–Crippen MR) is 409 cm³/mol. The average Bonchev–Trinajstić information content (AvgIpc) is 1.56. The minimum atomic E-state index is -4.40. The molecule has 0 aliphatic carbocycles. The van der Waals surface area contributed by atoms with Crippen LogP contribution in [0.3, 0.4) is 0 Å². The first-order chi connectivity index (χ1) is 46.0. The third kappa shape index (κ3) is 78.4. The molecule has 0 amide bonds. The van der Waals surface area contributed by atoms with Crippen LogP contribution in [-0.4, -0.2) is 74.9 Å². The van der Waals surface area contributed by atoms with E-state index in [9.17, 15) is 19.0 Å². The number of allylic oxidation sites excluding steroid dienone is 12. The molecular weight excluding hydrogens is 1180 g/mol. The normalized spacial score (nSPS) is 13.4. The van der Waals surface area contributed by atoms with Gasteiger partial charge in [-0.25, -0.2) is 4.57 Å². The molecule has 0 aliphatic heterocycles. The molecule has 0 heterocycles. The van der Waals surface area contributed by atoms with Crippen molar-refractivity contribution in [3.63, 3.8) is 0 Å². The van der Waals surface area contributed by atoms with Crippen LogP contribution < -0.4 is 0 Å². The Morgan fingerprint density at radius 2 is 0.606 bits per heavy atom. The fraction of sp³-hybridized carbons (Fsp3) is 0.833. The number of esters is 2. The van der Waals surface area contributed by atoms with Crippen LogP contribution in [0.4, 0.5) is 0 Å². The van der Waals surface area contributed by atoms with Gasteiger partial charge in [-0.2, -0.15) is 0 Å². The summed E-state index contributed by atoms with van der Waals surface area (Å²) in [5.41, 5.74) is 0. The highest BCUT2D eigenvalue weighted by Crippen LogP contribution is 2.43. The molecule has 0 rings (SSSR count). The van der Waals surface area contributed by atoms with Gasteiger partial charge in [-0.05, 0) is 83.5 Å². The molecule has 0 fully saturated rings. The third-order valence-electron chi connectivity index (χ3n) is 18.2. The lowest BCUT2D eigenvalue weighted by atomic mass is 10.0. The maximum Gasteiger partial charge on any atom is 0.472 e. The molecule has 0 saturated carbocycles. The Morgan fingerprint density at radius 3 is 0.915 bits per heavy atom. The van der Waals surface area contributed by atoms with Crippen molar-refractivity contribution >= 4 is 19.8 Å². The fourth-order valence-electron chi connectivity index (χ4n) is 12.0. The number of unbranched alkanes of at least 4 members (excludes halogenated alkanes) is 50. The lowest BCUT2D eigenvalue weighted by Crippen LogP contribution is -2.37. The zero-order valence-corrected chi connectivity index (χ0v) is 63.9. The molecule has 2 atom stereocenters. The molecular formula is C84H157NO8P+. The highest BCUT2D eigenvalue weighted by molar-refractivity contribution is 7.47. The summed E-state index contributed by atoms with van der Waals surface area (Å²) >= 11 is 0. The standard InChI is InChI=1S/C84H156NO8P/c1-6-8-10-12-14-16-18-20-22-24-26-28-30-32-34-36-38-40-41-42-43-45-46-48-50-52-54-56-58-60-62-64-66-68-70-72-74-76-83(86)90-80-82(81-92-94(88,89)91-79-78-85(3,4)5)93-84(87)77-75-73-71-69-67-65-63-61-59-57-55-53-51-49-47-44-39-37-35-33-31-29-27-25-23-21-19-17-15-13-11-9-7-2/h9,11,15,17,21,23-24,26-27,29,33,35,82H,6-8,10,12-14,16,18-20,22,25,28,30-32,34,36-81H2,1-5H3/p+1/b11-9-,17-15-,23-21-,26-24-,29-27-,35-33-. The van der Waals surface area contributed by atoms with Crippen LogP contribution in [-0.2, 0) is 32.7 Å². The summed E-state index contributed by atoms with van der Waals surface area (Å²) in [6.45, 7) is 4.39. The second kappa shape index (κ2) is 74.7. The van der Waals surface area contributed by atoms with E-state index in [1.807, 2.05) is 21.1 Å². The van der Waals surface area contributed by atoms with Crippen LogP contribution in [0.25, 0.3) is 0 Å². The summed E-state index contributed by atoms with van der Waals surface area (Å²) in [5, 5.41) is 0. The summed E-state index contributed by atoms with van der Waals surface area (Å²) < 4.78 is 34.8. The van der Waals surface area contributed by atoms with Gasteiger partial charge in [-0.1, -0.05) is 376 Å². The number of rotatable bonds is 76. The van der Waals surface area contributed by atoms with Crippen LogP contribution in [0.1, 0.15) is 399 Å². The maximum atomic E-state index is 12.9. The van der Waals surface area contributed by atoms with E-state index in [1.54, 1.807) is 0 Å². The Kier molecular flexibility index (Phi) is 72.6. The van der Waals surface area contributed by atoms with Crippen molar-refractivity contribution in [3.8, 4) is 0 Å². The lowest BCUT2D eigenvalue weighted by molar-refractivity contribution is -0.870. The monoisotopic (exact) mass is 1340 g/mol. The smallest absolute Gasteiger partial charge is 0.462 e. The highest BCUT2D eigenvalue weighted by Gasteiger charge is 2.27. The number of ether oxygens (including phenoxy) is 2. The van der Waals surface area contributed by atoms with E-state index in [0.29, 0.717) is 23.9 Å². The van der Waals surface area contributed by atoms with Gasteiger partial charge >= 0.3 is 19.8 Å². The largest absolute Gasteiger partial charge is 0.472 e. The van der Waals surface area contributed by atoms with Gasteiger partial charge in [-0.3, -0.25) is 18.6 Å². The second-order valence-corrected chi connectivity index (χ2v) is 30.2. The molecule has 0 spiro atoms. The van der Waals surface area contributed by atoms with Crippen LogP contribution in [0.2, 0.25) is 0 Å². The van der Waals surface area contributed by atoms with Crippen molar-refractivity contribution < 1.29 is 42.1 Å². The first-order valence-electron chi connectivity index (χ1n) is 40.7. The minimum absolute atomic E-state index is 0.0328. The van der Waals surface area contributed by atoms with E-state index in [-0.39, 0.29) is 25.6 Å².